The number of carboxylic acids is 1. The number of aromatic nitrogens is 4. The topological polar surface area (TPSA) is 141 Å². The molecule has 0 amide bonds. The normalized spacial score (nSPS) is 11.6. The minimum Gasteiger partial charge on any atom is -0.478 e. The molecule has 0 fully saturated rings. The monoisotopic (exact) mass is 307 g/mol. The van der Waals surface area contributed by atoms with Gasteiger partial charge in [-0.25, -0.2) is 14.5 Å². The molecular formula is C11H9N5O4S. The number of imidazole rings is 1. The molecule has 108 valence electrons. The van der Waals surface area contributed by atoms with Crippen molar-refractivity contribution in [3.8, 4) is 0 Å². The number of H-pyrrole nitrogens is 2. The van der Waals surface area contributed by atoms with Crippen molar-refractivity contribution in [2.24, 2.45) is 0 Å². The number of hydrogen-bond donors (Lipinski definition) is 4. The smallest absolute Gasteiger partial charge is 0.340 e. The summed E-state index contributed by atoms with van der Waals surface area (Å²) in [6, 6.07) is 6.98. The number of para-hydroxylation sites is 2. The number of benzene rings is 1. The molecular weight excluding hydrogens is 298 g/mol. The Morgan fingerprint density at radius 3 is 2.76 bits per heavy atom. The van der Waals surface area contributed by atoms with Crippen molar-refractivity contribution in [2.75, 3.05) is 4.72 Å². The zero-order chi connectivity index (χ0) is 15.0. The summed E-state index contributed by atoms with van der Waals surface area (Å²) in [7, 11) is -4.14. The SMILES string of the molecule is O=C(O)c1cn[nH]c1S(=O)(=O)Nc1nc2ccccc2[nH]1. The van der Waals surface area contributed by atoms with E-state index in [4.69, 9.17) is 5.11 Å². The molecule has 0 aliphatic heterocycles. The Morgan fingerprint density at radius 1 is 1.29 bits per heavy atom. The molecule has 0 radical (unpaired) electrons. The van der Waals surface area contributed by atoms with E-state index in [1.165, 1.54) is 0 Å². The van der Waals surface area contributed by atoms with Crippen LogP contribution in [0.5, 0.6) is 0 Å². The molecule has 3 aromatic rings. The lowest BCUT2D eigenvalue weighted by atomic mass is 10.3. The van der Waals surface area contributed by atoms with Gasteiger partial charge in [-0.1, -0.05) is 12.1 Å². The van der Waals surface area contributed by atoms with Crippen LogP contribution in [-0.4, -0.2) is 39.7 Å². The van der Waals surface area contributed by atoms with E-state index in [0.717, 1.165) is 6.20 Å². The van der Waals surface area contributed by atoms with Crippen LogP contribution in [0.3, 0.4) is 0 Å². The average Bonchev–Trinajstić information content (AvgIpc) is 3.04. The van der Waals surface area contributed by atoms with Crippen LogP contribution < -0.4 is 4.72 Å². The number of anilines is 1. The number of hydrogen-bond acceptors (Lipinski definition) is 5. The van der Waals surface area contributed by atoms with Gasteiger partial charge >= 0.3 is 5.97 Å². The predicted octanol–water partition coefficient (Wildman–Crippen LogP) is 0.785. The third kappa shape index (κ3) is 2.31. The van der Waals surface area contributed by atoms with Crippen LogP contribution in [0.15, 0.2) is 35.5 Å². The molecule has 1 aromatic carbocycles. The second kappa shape index (κ2) is 4.59. The molecule has 3 rings (SSSR count). The molecule has 2 heterocycles. The zero-order valence-corrected chi connectivity index (χ0v) is 11.2. The third-order valence-electron chi connectivity index (χ3n) is 2.72. The summed E-state index contributed by atoms with van der Waals surface area (Å²) in [4.78, 5) is 17.8. The minimum absolute atomic E-state index is 0.0119. The maximum atomic E-state index is 12.2. The average molecular weight is 307 g/mol. The van der Waals surface area contributed by atoms with E-state index in [9.17, 15) is 13.2 Å². The zero-order valence-electron chi connectivity index (χ0n) is 10.4. The first-order valence-corrected chi connectivity index (χ1v) is 7.20. The number of carboxylic acid groups (broad SMARTS) is 1. The molecule has 21 heavy (non-hydrogen) atoms. The summed E-state index contributed by atoms with van der Waals surface area (Å²) in [5, 5.41) is 14.0. The quantitative estimate of drug-likeness (QED) is 0.561. The Morgan fingerprint density at radius 2 is 2.05 bits per heavy atom. The Labute approximate surface area is 118 Å². The summed E-state index contributed by atoms with van der Waals surface area (Å²) >= 11 is 0. The van der Waals surface area contributed by atoms with E-state index in [2.05, 4.69) is 24.9 Å². The van der Waals surface area contributed by atoms with Crippen LogP contribution >= 0.6 is 0 Å². The Bertz CT molecular complexity index is 894. The van der Waals surface area contributed by atoms with E-state index in [-0.39, 0.29) is 5.95 Å². The Kier molecular flexibility index (Phi) is 2.87. The molecule has 0 aliphatic carbocycles. The van der Waals surface area contributed by atoms with Gasteiger partial charge in [0.2, 0.25) is 5.95 Å². The van der Waals surface area contributed by atoms with Crippen molar-refractivity contribution in [2.45, 2.75) is 5.03 Å². The predicted molar refractivity (Wildman–Crippen MR) is 72.4 cm³/mol. The lowest BCUT2D eigenvalue weighted by molar-refractivity contribution is 0.0692. The first-order valence-electron chi connectivity index (χ1n) is 5.71. The van der Waals surface area contributed by atoms with Gasteiger partial charge < -0.3 is 10.1 Å². The summed E-state index contributed by atoms with van der Waals surface area (Å²) in [5.74, 6) is -1.41. The second-order valence-electron chi connectivity index (χ2n) is 4.13. The van der Waals surface area contributed by atoms with E-state index < -0.39 is 26.6 Å². The van der Waals surface area contributed by atoms with Crippen LogP contribution in [0.1, 0.15) is 10.4 Å². The van der Waals surface area contributed by atoms with Crippen LogP contribution in [0, 0.1) is 0 Å². The molecule has 0 bridgehead atoms. The van der Waals surface area contributed by atoms with E-state index in [1.54, 1.807) is 24.3 Å². The van der Waals surface area contributed by atoms with Gasteiger partial charge in [-0.05, 0) is 12.1 Å². The van der Waals surface area contributed by atoms with E-state index in [1.807, 2.05) is 0 Å². The van der Waals surface area contributed by atoms with Crippen molar-refractivity contribution in [3.05, 3.63) is 36.0 Å². The fourth-order valence-electron chi connectivity index (χ4n) is 1.81. The second-order valence-corrected chi connectivity index (χ2v) is 5.75. The number of fused-ring (bicyclic) bond motifs is 1. The fourth-order valence-corrected chi connectivity index (χ4v) is 2.87. The molecule has 0 atom stereocenters. The maximum Gasteiger partial charge on any atom is 0.340 e. The summed E-state index contributed by atoms with van der Waals surface area (Å²) in [5.41, 5.74) is 0.787. The first kappa shape index (κ1) is 13.1. The molecule has 0 spiro atoms. The molecule has 10 heteroatoms. The molecule has 0 unspecified atom stereocenters. The Balaban J connectivity index is 1.99. The lowest BCUT2D eigenvalue weighted by Crippen LogP contribution is -2.17. The number of rotatable bonds is 4. The highest BCUT2D eigenvalue weighted by molar-refractivity contribution is 7.92. The van der Waals surface area contributed by atoms with Gasteiger partial charge in [-0.2, -0.15) is 13.5 Å². The minimum atomic E-state index is -4.14. The van der Waals surface area contributed by atoms with Gasteiger partial charge in [-0.15, -0.1) is 0 Å². The van der Waals surface area contributed by atoms with E-state index in [0.29, 0.717) is 11.0 Å². The summed E-state index contributed by atoms with van der Waals surface area (Å²) < 4.78 is 26.5. The summed E-state index contributed by atoms with van der Waals surface area (Å²) in [6.07, 6.45) is 0.926. The summed E-state index contributed by atoms with van der Waals surface area (Å²) in [6.45, 7) is 0. The van der Waals surface area contributed by atoms with Crippen LogP contribution in [-0.2, 0) is 10.0 Å². The largest absolute Gasteiger partial charge is 0.478 e. The lowest BCUT2D eigenvalue weighted by Gasteiger charge is -2.03. The van der Waals surface area contributed by atoms with Gasteiger partial charge in [0.25, 0.3) is 10.0 Å². The highest BCUT2D eigenvalue weighted by Crippen LogP contribution is 2.18. The number of aromatic carboxylic acids is 1. The van der Waals surface area contributed by atoms with Crippen molar-refractivity contribution in [1.82, 2.24) is 20.2 Å². The molecule has 0 saturated carbocycles. The molecule has 9 nitrogen and oxygen atoms in total. The van der Waals surface area contributed by atoms with Gasteiger partial charge in [0.05, 0.1) is 17.2 Å². The number of nitrogens with one attached hydrogen (secondary N) is 3. The van der Waals surface area contributed by atoms with Crippen LogP contribution in [0.25, 0.3) is 11.0 Å². The molecule has 4 N–H and O–H groups in total. The van der Waals surface area contributed by atoms with Crippen LogP contribution in [0.2, 0.25) is 0 Å². The highest BCUT2D eigenvalue weighted by atomic mass is 32.2. The van der Waals surface area contributed by atoms with Gasteiger partial charge in [0.15, 0.2) is 5.03 Å². The molecule has 0 aliphatic rings. The van der Waals surface area contributed by atoms with Gasteiger partial charge in [0, 0.05) is 0 Å². The number of sulfonamides is 1. The molecule has 0 saturated heterocycles. The van der Waals surface area contributed by atoms with Gasteiger partial charge in [0.1, 0.15) is 5.56 Å². The van der Waals surface area contributed by atoms with Crippen molar-refractivity contribution in [1.29, 1.82) is 0 Å². The van der Waals surface area contributed by atoms with Crippen LogP contribution in [0.4, 0.5) is 5.95 Å². The van der Waals surface area contributed by atoms with Crippen molar-refractivity contribution >= 4 is 33.0 Å². The third-order valence-corrected chi connectivity index (χ3v) is 4.03. The highest BCUT2D eigenvalue weighted by Gasteiger charge is 2.25. The van der Waals surface area contributed by atoms with Crippen molar-refractivity contribution in [3.63, 3.8) is 0 Å². The van der Waals surface area contributed by atoms with E-state index >= 15 is 0 Å². The first-order chi connectivity index (χ1) is 9.97. The number of nitrogens with zero attached hydrogens (tertiary/aromatic N) is 2. The fraction of sp³-hybridized carbons (Fsp3) is 0. The maximum absolute atomic E-state index is 12.2. The standard InChI is InChI=1S/C11H9N5O4S/c17-10(18)6-5-12-15-9(6)21(19,20)16-11-13-7-3-1-2-4-8(7)14-11/h1-5H,(H,12,15)(H,17,18)(H2,13,14,16). The Hall–Kier alpha value is -2.88. The van der Waals surface area contributed by atoms with Gasteiger partial charge in [-0.3, -0.25) is 5.10 Å². The number of aromatic amines is 2. The van der Waals surface area contributed by atoms with Crippen molar-refractivity contribution < 1.29 is 18.3 Å². The number of carbonyl (C=O) groups is 1. The molecule has 2 aromatic heterocycles.